The smallest absolute Gasteiger partial charge is 0.196 e. The summed E-state index contributed by atoms with van der Waals surface area (Å²) in [4.78, 5) is 12.5. The van der Waals surface area contributed by atoms with Crippen molar-refractivity contribution in [3.05, 3.63) is 57.5 Å². The summed E-state index contributed by atoms with van der Waals surface area (Å²) >= 11 is 0. The monoisotopic (exact) mass is 242 g/mol. The molecular formula is C16H18O2. The fourth-order valence-electron chi connectivity index (χ4n) is 2.38. The molecule has 2 rings (SSSR count). The van der Waals surface area contributed by atoms with Gasteiger partial charge in [-0.05, 0) is 46.8 Å². The zero-order valence-electron chi connectivity index (χ0n) is 11.5. The Hall–Kier alpha value is -1.83. The maximum absolute atomic E-state index is 12.5. The van der Waals surface area contributed by atoms with Crippen LogP contribution in [-0.4, -0.2) is 5.78 Å². The van der Waals surface area contributed by atoms with Crippen LogP contribution >= 0.6 is 0 Å². The van der Waals surface area contributed by atoms with E-state index in [4.69, 9.17) is 4.42 Å². The number of hydrogen-bond donors (Lipinski definition) is 0. The average Bonchev–Trinajstić information content (AvgIpc) is 2.51. The molecule has 0 bridgehead atoms. The average molecular weight is 242 g/mol. The van der Waals surface area contributed by atoms with Crippen molar-refractivity contribution in [2.24, 2.45) is 0 Å². The molecule has 2 heteroatoms. The molecule has 0 spiro atoms. The van der Waals surface area contributed by atoms with Crippen molar-refractivity contribution < 1.29 is 9.21 Å². The van der Waals surface area contributed by atoms with Crippen LogP contribution in [-0.2, 0) is 0 Å². The Morgan fingerprint density at radius 3 is 1.89 bits per heavy atom. The van der Waals surface area contributed by atoms with Gasteiger partial charge in [0.25, 0.3) is 0 Å². The van der Waals surface area contributed by atoms with Gasteiger partial charge in [0, 0.05) is 11.1 Å². The Bertz CT molecular complexity index is 598. The van der Waals surface area contributed by atoms with E-state index in [0.717, 1.165) is 28.0 Å². The second-order valence-electron chi connectivity index (χ2n) is 4.92. The number of aryl methyl sites for hydroxylation is 4. The van der Waals surface area contributed by atoms with Gasteiger partial charge in [0.15, 0.2) is 5.78 Å². The summed E-state index contributed by atoms with van der Waals surface area (Å²) in [5.74, 6) is 1.57. The van der Waals surface area contributed by atoms with E-state index >= 15 is 0 Å². The van der Waals surface area contributed by atoms with E-state index in [1.165, 1.54) is 0 Å². The summed E-state index contributed by atoms with van der Waals surface area (Å²) in [6.45, 7) is 9.67. The number of rotatable bonds is 2. The second kappa shape index (κ2) is 4.45. The topological polar surface area (TPSA) is 30.2 Å². The normalized spacial score (nSPS) is 10.7. The van der Waals surface area contributed by atoms with Gasteiger partial charge >= 0.3 is 0 Å². The lowest BCUT2D eigenvalue weighted by Gasteiger charge is -2.04. The van der Waals surface area contributed by atoms with Crippen LogP contribution in [0.2, 0.25) is 0 Å². The molecule has 0 aliphatic heterocycles. The molecular weight excluding hydrogens is 224 g/mol. The first-order chi connectivity index (χ1) is 8.40. The van der Waals surface area contributed by atoms with Crippen molar-refractivity contribution >= 4 is 5.78 Å². The Kier molecular flexibility index (Phi) is 3.12. The maximum atomic E-state index is 12.5. The van der Waals surface area contributed by atoms with E-state index in [2.05, 4.69) is 6.07 Å². The molecule has 0 N–H and O–H groups in total. The minimum absolute atomic E-state index is 0.0497. The summed E-state index contributed by atoms with van der Waals surface area (Å²) in [7, 11) is 0. The third-order valence-electron chi connectivity index (χ3n) is 3.27. The minimum Gasteiger partial charge on any atom is -0.466 e. The van der Waals surface area contributed by atoms with Crippen LogP contribution in [0.3, 0.4) is 0 Å². The third kappa shape index (κ3) is 2.10. The van der Waals surface area contributed by atoms with Gasteiger partial charge in [0.05, 0.1) is 5.56 Å². The fourth-order valence-corrected chi connectivity index (χ4v) is 2.38. The van der Waals surface area contributed by atoms with Crippen molar-refractivity contribution in [3.63, 3.8) is 0 Å². The van der Waals surface area contributed by atoms with E-state index in [1.54, 1.807) is 0 Å². The Labute approximate surface area is 108 Å². The molecule has 18 heavy (non-hydrogen) atoms. The molecule has 1 aromatic heterocycles. The molecule has 1 aromatic carbocycles. The lowest BCUT2D eigenvalue weighted by atomic mass is 9.97. The highest BCUT2D eigenvalue weighted by atomic mass is 16.3. The fraction of sp³-hybridized carbons (Fsp3) is 0.312. The van der Waals surface area contributed by atoms with Crippen LogP contribution in [0.15, 0.2) is 22.6 Å². The van der Waals surface area contributed by atoms with Gasteiger partial charge in [-0.25, -0.2) is 0 Å². The van der Waals surface area contributed by atoms with E-state index in [1.807, 2.05) is 46.8 Å². The number of carbonyl (C=O) groups excluding carboxylic acids is 1. The Morgan fingerprint density at radius 2 is 1.44 bits per heavy atom. The van der Waals surface area contributed by atoms with Crippen LogP contribution < -0.4 is 0 Å². The molecule has 0 amide bonds. The van der Waals surface area contributed by atoms with Gasteiger partial charge in [-0.2, -0.15) is 0 Å². The van der Waals surface area contributed by atoms with E-state index in [0.29, 0.717) is 11.3 Å². The first-order valence-electron chi connectivity index (χ1n) is 6.09. The largest absolute Gasteiger partial charge is 0.466 e. The number of benzene rings is 1. The van der Waals surface area contributed by atoms with Crippen molar-refractivity contribution in [2.45, 2.75) is 34.6 Å². The van der Waals surface area contributed by atoms with Gasteiger partial charge in [-0.3, -0.25) is 4.79 Å². The number of carbonyl (C=O) groups is 1. The molecule has 0 radical (unpaired) electrons. The van der Waals surface area contributed by atoms with Crippen molar-refractivity contribution in [3.8, 4) is 0 Å². The standard InChI is InChI=1S/C16H18O2/c1-9-6-10(2)8-14(7-9)16(17)15-11(3)12(4)18-13(15)5/h6-8H,1-5H3. The highest BCUT2D eigenvalue weighted by molar-refractivity contribution is 6.10. The van der Waals surface area contributed by atoms with Gasteiger partial charge in [0.1, 0.15) is 11.5 Å². The maximum Gasteiger partial charge on any atom is 0.196 e. The zero-order valence-corrected chi connectivity index (χ0v) is 11.5. The van der Waals surface area contributed by atoms with E-state index in [-0.39, 0.29) is 5.78 Å². The van der Waals surface area contributed by atoms with E-state index in [9.17, 15) is 4.79 Å². The van der Waals surface area contributed by atoms with Crippen LogP contribution in [0.4, 0.5) is 0 Å². The summed E-state index contributed by atoms with van der Waals surface area (Å²) in [6.07, 6.45) is 0. The number of ketones is 1. The summed E-state index contributed by atoms with van der Waals surface area (Å²) in [6, 6.07) is 5.92. The van der Waals surface area contributed by atoms with E-state index < -0.39 is 0 Å². The molecule has 0 fully saturated rings. The number of hydrogen-bond acceptors (Lipinski definition) is 2. The molecule has 2 aromatic rings. The molecule has 0 saturated heterocycles. The van der Waals surface area contributed by atoms with Gasteiger partial charge < -0.3 is 4.42 Å². The van der Waals surface area contributed by atoms with Crippen molar-refractivity contribution in [1.29, 1.82) is 0 Å². The molecule has 0 aliphatic carbocycles. The quantitative estimate of drug-likeness (QED) is 0.743. The lowest BCUT2D eigenvalue weighted by Crippen LogP contribution is -2.04. The highest BCUT2D eigenvalue weighted by Crippen LogP contribution is 2.24. The Balaban J connectivity index is 2.54. The predicted molar refractivity (Wildman–Crippen MR) is 72.3 cm³/mol. The molecule has 0 aliphatic rings. The molecule has 0 saturated carbocycles. The van der Waals surface area contributed by atoms with Crippen molar-refractivity contribution in [1.82, 2.24) is 0 Å². The predicted octanol–water partition coefficient (Wildman–Crippen LogP) is 4.05. The summed E-state index contributed by atoms with van der Waals surface area (Å²) in [5.41, 5.74) is 4.59. The molecule has 94 valence electrons. The first kappa shape index (κ1) is 12.6. The SMILES string of the molecule is Cc1cc(C)cc(C(=O)c2c(C)oc(C)c2C)c1. The summed E-state index contributed by atoms with van der Waals surface area (Å²) < 4.78 is 5.53. The lowest BCUT2D eigenvalue weighted by molar-refractivity contribution is 0.103. The molecule has 0 atom stereocenters. The minimum atomic E-state index is 0.0497. The third-order valence-corrected chi connectivity index (χ3v) is 3.27. The van der Waals surface area contributed by atoms with Gasteiger partial charge in [0.2, 0.25) is 0 Å². The zero-order chi connectivity index (χ0) is 13.4. The van der Waals surface area contributed by atoms with Gasteiger partial charge in [-0.1, -0.05) is 17.2 Å². The second-order valence-corrected chi connectivity index (χ2v) is 4.92. The first-order valence-corrected chi connectivity index (χ1v) is 6.09. The highest BCUT2D eigenvalue weighted by Gasteiger charge is 2.20. The van der Waals surface area contributed by atoms with Crippen LogP contribution in [0.25, 0.3) is 0 Å². The van der Waals surface area contributed by atoms with Crippen LogP contribution in [0.5, 0.6) is 0 Å². The van der Waals surface area contributed by atoms with Gasteiger partial charge in [-0.15, -0.1) is 0 Å². The molecule has 0 unspecified atom stereocenters. The van der Waals surface area contributed by atoms with Crippen LogP contribution in [0, 0.1) is 34.6 Å². The van der Waals surface area contributed by atoms with Crippen LogP contribution in [0.1, 0.15) is 44.1 Å². The summed E-state index contributed by atoms with van der Waals surface area (Å²) in [5, 5.41) is 0. The Morgan fingerprint density at radius 1 is 0.889 bits per heavy atom. The van der Waals surface area contributed by atoms with Crippen molar-refractivity contribution in [2.75, 3.05) is 0 Å². The molecule has 1 heterocycles. The number of furan rings is 1. The molecule has 2 nitrogen and oxygen atoms in total.